The van der Waals surface area contributed by atoms with Gasteiger partial charge in [-0.15, -0.1) is 10.2 Å². The van der Waals surface area contributed by atoms with Crippen molar-refractivity contribution in [3.8, 4) is 0 Å². The van der Waals surface area contributed by atoms with Gasteiger partial charge in [0.1, 0.15) is 5.82 Å². The van der Waals surface area contributed by atoms with Crippen LogP contribution < -0.4 is 0 Å². The minimum Gasteiger partial charge on any atom is -0.279 e. The first kappa shape index (κ1) is 11.6. The van der Waals surface area contributed by atoms with E-state index in [1.165, 1.54) is 25.7 Å². The van der Waals surface area contributed by atoms with Gasteiger partial charge in [0.25, 0.3) is 0 Å². The van der Waals surface area contributed by atoms with Crippen LogP contribution in [0.2, 0.25) is 5.15 Å². The molecule has 0 aromatic carbocycles. The number of hydrogen-bond donors (Lipinski definition) is 0. The third-order valence-electron chi connectivity index (χ3n) is 4.95. The summed E-state index contributed by atoms with van der Waals surface area (Å²) >= 11 is 6.19. The molecule has 2 aromatic heterocycles. The lowest BCUT2D eigenvalue weighted by Crippen LogP contribution is -2.03. The molecule has 4 nitrogen and oxygen atoms in total. The maximum Gasteiger partial charge on any atom is 0.198 e. The Hall–Kier alpha value is -1.16. The largest absolute Gasteiger partial charge is 0.279 e. The van der Waals surface area contributed by atoms with Crippen LogP contribution >= 0.6 is 11.6 Å². The van der Waals surface area contributed by atoms with Gasteiger partial charge in [-0.05, 0) is 38.5 Å². The zero-order valence-electron chi connectivity index (χ0n) is 11.2. The molecule has 2 aliphatic carbocycles. The molecule has 0 saturated heterocycles. The van der Waals surface area contributed by atoms with E-state index < -0.39 is 0 Å². The van der Waals surface area contributed by atoms with E-state index in [2.05, 4.69) is 26.5 Å². The summed E-state index contributed by atoms with van der Waals surface area (Å²) in [4.78, 5) is 4.33. The van der Waals surface area contributed by atoms with Gasteiger partial charge in [0.15, 0.2) is 10.8 Å². The summed E-state index contributed by atoms with van der Waals surface area (Å²) in [6.07, 6.45) is 5.44. The Morgan fingerprint density at radius 1 is 1.11 bits per heavy atom. The quantitative estimate of drug-likeness (QED) is 0.803. The summed E-state index contributed by atoms with van der Waals surface area (Å²) in [5.41, 5.74) is 2.79. The minimum atomic E-state index is 0.463. The van der Waals surface area contributed by atoms with Crippen LogP contribution in [0.25, 0.3) is 5.65 Å². The summed E-state index contributed by atoms with van der Waals surface area (Å²) in [5, 5.41) is 9.15. The first-order chi connectivity index (χ1) is 9.18. The maximum absolute atomic E-state index is 6.19. The van der Waals surface area contributed by atoms with E-state index in [0.29, 0.717) is 16.7 Å². The fourth-order valence-corrected chi connectivity index (χ4v) is 4.04. The maximum atomic E-state index is 6.19. The highest BCUT2D eigenvalue weighted by Gasteiger charge is 2.53. The summed E-state index contributed by atoms with van der Waals surface area (Å²) in [6.45, 7) is 4.06. The highest BCUT2D eigenvalue weighted by Crippen LogP contribution is 2.60. The second kappa shape index (κ2) is 3.92. The highest BCUT2D eigenvalue weighted by atomic mass is 35.5. The highest BCUT2D eigenvalue weighted by molar-refractivity contribution is 6.32. The third kappa shape index (κ3) is 1.55. The number of nitrogens with zero attached hydrogens (tertiary/aromatic N) is 4. The molecular formula is C14H17ClN4. The normalized spacial score (nSPS) is 29.5. The Balaban J connectivity index is 1.87. The van der Waals surface area contributed by atoms with Crippen molar-refractivity contribution >= 4 is 17.2 Å². The molecule has 2 aliphatic rings. The average molecular weight is 277 g/mol. The topological polar surface area (TPSA) is 43.1 Å². The molecule has 2 heterocycles. The Morgan fingerprint density at radius 2 is 1.79 bits per heavy atom. The van der Waals surface area contributed by atoms with Gasteiger partial charge in [-0.2, -0.15) is 0 Å². The molecule has 5 heteroatoms. The fraction of sp³-hybridized carbons (Fsp3) is 0.643. The van der Waals surface area contributed by atoms with Crippen molar-refractivity contribution in [1.29, 1.82) is 0 Å². The first-order valence-electron chi connectivity index (χ1n) is 7.06. The first-order valence-corrected chi connectivity index (χ1v) is 7.44. The number of aromatic nitrogens is 4. The van der Waals surface area contributed by atoms with Crippen LogP contribution in [0.1, 0.15) is 48.8 Å². The molecule has 2 saturated carbocycles. The van der Waals surface area contributed by atoms with Crippen LogP contribution in [0.15, 0.2) is 0 Å². The van der Waals surface area contributed by atoms with Gasteiger partial charge in [-0.1, -0.05) is 24.4 Å². The molecule has 2 atom stereocenters. The molecule has 2 unspecified atom stereocenters. The molecule has 4 rings (SSSR count). The van der Waals surface area contributed by atoms with Crippen LogP contribution in [0.3, 0.4) is 0 Å². The Kier molecular flexibility index (Phi) is 2.40. The monoisotopic (exact) mass is 276 g/mol. The van der Waals surface area contributed by atoms with Crippen molar-refractivity contribution in [2.24, 2.45) is 11.8 Å². The van der Waals surface area contributed by atoms with Crippen LogP contribution in [0.5, 0.6) is 0 Å². The lowest BCUT2D eigenvalue weighted by Gasteiger charge is -2.06. The number of halogens is 1. The van der Waals surface area contributed by atoms with Crippen molar-refractivity contribution in [1.82, 2.24) is 19.6 Å². The Labute approximate surface area is 117 Å². The summed E-state index contributed by atoms with van der Waals surface area (Å²) in [6, 6.07) is 0. The smallest absolute Gasteiger partial charge is 0.198 e. The molecule has 0 amide bonds. The van der Waals surface area contributed by atoms with Crippen LogP contribution in [0, 0.1) is 25.7 Å². The number of hydrogen-bond acceptors (Lipinski definition) is 3. The summed E-state index contributed by atoms with van der Waals surface area (Å²) in [5.74, 6) is 3.35. The van der Waals surface area contributed by atoms with Crippen LogP contribution in [-0.2, 0) is 0 Å². The predicted octanol–water partition coefficient (Wildman–Crippen LogP) is 3.30. The SMILES string of the molecule is Cc1nc(Cl)c2nnc(C3C4CCCCC43)n2c1C. The van der Waals surface area contributed by atoms with E-state index >= 15 is 0 Å². The molecular weight excluding hydrogens is 260 g/mol. The zero-order chi connectivity index (χ0) is 13.1. The van der Waals surface area contributed by atoms with Crippen molar-refractivity contribution in [3.63, 3.8) is 0 Å². The van der Waals surface area contributed by atoms with Crippen molar-refractivity contribution in [2.45, 2.75) is 45.4 Å². The van der Waals surface area contributed by atoms with Gasteiger partial charge in [-0.3, -0.25) is 4.40 Å². The van der Waals surface area contributed by atoms with Gasteiger partial charge in [0.2, 0.25) is 0 Å². The molecule has 2 aromatic rings. The van der Waals surface area contributed by atoms with Gasteiger partial charge in [-0.25, -0.2) is 4.98 Å². The van der Waals surface area contributed by atoms with E-state index in [9.17, 15) is 0 Å². The molecule has 0 spiro atoms. The van der Waals surface area contributed by atoms with E-state index in [-0.39, 0.29) is 0 Å². The van der Waals surface area contributed by atoms with Crippen molar-refractivity contribution < 1.29 is 0 Å². The molecule has 2 fully saturated rings. The molecule has 0 aliphatic heterocycles. The standard InChI is InChI=1S/C14H17ClN4/c1-7-8(2)19-13(17-18-14(19)12(15)16-7)11-9-5-3-4-6-10(9)11/h9-11H,3-6H2,1-2H3. The summed E-state index contributed by atoms with van der Waals surface area (Å²) in [7, 11) is 0. The van der Waals surface area contributed by atoms with Gasteiger partial charge in [0, 0.05) is 11.6 Å². The van der Waals surface area contributed by atoms with Gasteiger partial charge >= 0.3 is 0 Å². The predicted molar refractivity (Wildman–Crippen MR) is 73.5 cm³/mol. The molecule has 19 heavy (non-hydrogen) atoms. The van der Waals surface area contributed by atoms with Crippen molar-refractivity contribution in [2.75, 3.05) is 0 Å². The van der Waals surface area contributed by atoms with Gasteiger partial charge < -0.3 is 0 Å². The lowest BCUT2D eigenvalue weighted by atomic mass is 10.0. The second-order valence-electron chi connectivity index (χ2n) is 5.93. The molecule has 0 bridgehead atoms. The van der Waals surface area contributed by atoms with E-state index in [1.807, 2.05) is 6.92 Å². The Bertz CT molecular complexity index is 651. The minimum absolute atomic E-state index is 0.463. The molecule has 0 radical (unpaired) electrons. The lowest BCUT2D eigenvalue weighted by molar-refractivity contribution is 0.480. The number of rotatable bonds is 1. The Morgan fingerprint density at radius 3 is 2.47 bits per heavy atom. The van der Waals surface area contributed by atoms with E-state index in [1.54, 1.807) is 0 Å². The number of aryl methyl sites for hydroxylation is 2. The second-order valence-corrected chi connectivity index (χ2v) is 6.29. The number of fused-ring (bicyclic) bond motifs is 2. The average Bonchev–Trinajstić information content (AvgIpc) is 2.96. The third-order valence-corrected chi connectivity index (χ3v) is 5.21. The van der Waals surface area contributed by atoms with Crippen LogP contribution in [-0.4, -0.2) is 19.6 Å². The summed E-state index contributed by atoms with van der Waals surface area (Å²) < 4.78 is 2.13. The zero-order valence-corrected chi connectivity index (χ0v) is 12.0. The van der Waals surface area contributed by atoms with Crippen molar-refractivity contribution in [3.05, 3.63) is 22.4 Å². The molecule has 0 N–H and O–H groups in total. The van der Waals surface area contributed by atoms with Crippen LogP contribution in [0.4, 0.5) is 0 Å². The van der Waals surface area contributed by atoms with Gasteiger partial charge in [0.05, 0.1) is 5.69 Å². The van der Waals surface area contributed by atoms with E-state index in [0.717, 1.165) is 29.0 Å². The fourth-order valence-electron chi connectivity index (χ4n) is 3.79. The molecule has 100 valence electrons. The van der Waals surface area contributed by atoms with E-state index in [4.69, 9.17) is 11.6 Å².